The summed E-state index contributed by atoms with van der Waals surface area (Å²) in [6, 6.07) is 20.2. The lowest BCUT2D eigenvalue weighted by atomic mass is 10.2. The molecule has 3 rings (SSSR count). The molecule has 0 spiro atoms. The zero-order chi connectivity index (χ0) is 23.5. The highest BCUT2D eigenvalue weighted by Crippen LogP contribution is 2.24. The van der Waals surface area contributed by atoms with E-state index >= 15 is 0 Å². The summed E-state index contributed by atoms with van der Waals surface area (Å²) >= 11 is 0. The Bertz CT molecular complexity index is 1150. The molecule has 0 heterocycles. The number of ether oxygens (including phenoxy) is 2. The fourth-order valence-electron chi connectivity index (χ4n) is 3.07. The van der Waals surface area contributed by atoms with Gasteiger partial charge >= 0.3 is 5.97 Å². The maximum Gasteiger partial charge on any atom is 0.343 e. The van der Waals surface area contributed by atoms with E-state index in [-0.39, 0.29) is 11.5 Å². The van der Waals surface area contributed by atoms with Crippen LogP contribution in [0.3, 0.4) is 0 Å². The molecule has 0 unspecified atom stereocenters. The van der Waals surface area contributed by atoms with Crippen molar-refractivity contribution in [2.24, 2.45) is 4.99 Å². The number of hydrogen-bond donors (Lipinski definition) is 1. The van der Waals surface area contributed by atoms with Gasteiger partial charge in [0, 0.05) is 17.8 Å². The van der Waals surface area contributed by atoms with Crippen LogP contribution < -0.4 is 9.47 Å². The number of nitriles is 1. The number of esters is 1. The first-order chi connectivity index (χ1) is 16.1. The first kappa shape index (κ1) is 23.6. The largest absolute Gasteiger partial charge is 0.507 e. The monoisotopic (exact) mass is 442 g/mol. The van der Waals surface area contributed by atoms with Crippen LogP contribution in [0.1, 0.15) is 54.1 Å². The Morgan fingerprint density at radius 1 is 1.03 bits per heavy atom. The highest BCUT2D eigenvalue weighted by molar-refractivity contribution is 5.91. The van der Waals surface area contributed by atoms with Crippen LogP contribution in [0, 0.1) is 11.3 Å². The van der Waals surface area contributed by atoms with Gasteiger partial charge in [0.25, 0.3) is 0 Å². The van der Waals surface area contributed by atoms with Crippen LogP contribution in [0.4, 0.5) is 5.69 Å². The molecule has 33 heavy (non-hydrogen) atoms. The van der Waals surface area contributed by atoms with E-state index in [9.17, 15) is 9.90 Å². The van der Waals surface area contributed by atoms with Gasteiger partial charge in [-0.3, -0.25) is 4.99 Å². The van der Waals surface area contributed by atoms with Crippen LogP contribution >= 0.6 is 0 Å². The van der Waals surface area contributed by atoms with Crippen molar-refractivity contribution >= 4 is 17.9 Å². The van der Waals surface area contributed by atoms with E-state index in [0.29, 0.717) is 34.7 Å². The number of phenolic OH excluding ortho intramolecular Hbond substituents is 1. The second kappa shape index (κ2) is 12.1. The lowest BCUT2D eigenvalue weighted by molar-refractivity contribution is 0.0734. The number of carbonyl (C=O) groups excluding carboxylic acids is 1. The number of aliphatic imine (C=N–C) groups is 1. The summed E-state index contributed by atoms with van der Waals surface area (Å²) in [6.45, 7) is 2.82. The average Bonchev–Trinajstić information content (AvgIpc) is 2.84. The third kappa shape index (κ3) is 7.22. The van der Waals surface area contributed by atoms with E-state index in [1.54, 1.807) is 60.7 Å². The van der Waals surface area contributed by atoms with Crippen molar-refractivity contribution in [2.75, 3.05) is 6.61 Å². The number of unbranched alkanes of at least 4 members (excludes halogenated alkanes) is 3. The fraction of sp³-hybridized carbons (Fsp3) is 0.222. The highest BCUT2D eigenvalue weighted by atomic mass is 16.5. The zero-order valence-corrected chi connectivity index (χ0v) is 18.5. The van der Waals surface area contributed by atoms with Gasteiger partial charge in [-0.15, -0.1) is 0 Å². The molecule has 0 saturated heterocycles. The molecule has 0 saturated carbocycles. The SMILES string of the molecule is CCCCCCOc1ccc(C(=O)Oc2ccc(C=Nc3cccc(C#N)c3)c(O)c2)cc1. The quantitative estimate of drug-likeness (QED) is 0.175. The van der Waals surface area contributed by atoms with Crippen LogP contribution in [0.25, 0.3) is 0 Å². The summed E-state index contributed by atoms with van der Waals surface area (Å²) in [7, 11) is 0. The Balaban J connectivity index is 1.57. The molecule has 0 fully saturated rings. The van der Waals surface area contributed by atoms with Crippen molar-refractivity contribution < 1.29 is 19.4 Å². The van der Waals surface area contributed by atoms with Crippen molar-refractivity contribution in [3.8, 4) is 23.3 Å². The normalized spacial score (nSPS) is 10.7. The summed E-state index contributed by atoms with van der Waals surface area (Å²) in [6.07, 6.45) is 6.02. The molecule has 0 atom stereocenters. The predicted molar refractivity (Wildman–Crippen MR) is 128 cm³/mol. The lowest BCUT2D eigenvalue weighted by Gasteiger charge is -2.08. The summed E-state index contributed by atoms with van der Waals surface area (Å²) in [5, 5.41) is 19.2. The van der Waals surface area contributed by atoms with E-state index in [2.05, 4.69) is 18.0 Å². The second-order valence-corrected chi connectivity index (χ2v) is 7.46. The van der Waals surface area contributed by atoms with E-state index in [4.69, 9.17) is 14.7 Å². The minimum atomic E-state index is -0.529. The zero-order valence-electron chi connectivity index (χ0n) is 18.5. The Morgan fingerprint density at radius 2 is 1.82 bits per heavy atom. The summed E-state index contributed by atoms with van der Waals surface area (Å²) in [5.74, 6) is 0.327. The average molecular weight is 443 g/mol. The standard InChI is InChI=1S/C27H26N2O4/c1-2-3-4-5-15-32-24-12-9-21(10-13-24)27(31)33-25-14-11-22(26(30)17-25)19-29-23-8-6-7-20(16-23)18-28/h6-14,16-17,19,30H,2-5,15H2,1H3. The molecule has 6 heteroatoms. The topological polar surface area (TPSA) is 91.9 Å². The van der Waals surface area contributed by atoms with Gasteiger partial charge in [-0.05, 0) is 61.0 Å². The number of phenols is 1. The molecule has 6 nitrogen and oxygen atoms in total. The molecule has 0 aliphatic carbocycles. The van der Waals surface area contributed by atoms with E-state index < -0.39 is 5.97 Å². The minimum absolute atomic E-state index is 0.0766. The maximum atomic E-state index is 12.4. The molecule has 0 aromatic heterocycles. The molecule has 1 N–H and O–H groups in total. The van der Waals surface area contributed by atoms with Crippen molar-refractivity contribution in [3.05, 3.63) is 83.4 Å². The van der Waals surface area contributed by atoms with Crippen LogP contribution in [-0.4, -0.2) is 23.9 Å². The van der Waals surface area contributed by atoms with E-state index in [1.807, 2.05) is 0 Å². The number of nitrogens with zero attached hydrogens (tertiary/aromatic N) is 2. The molecule has 0 amide bonds. The van der Waals surface area contributed by atoms with Crippen molar-refractivity contribution in [1.82, 2.24) is 0 Å². The molecular formula is C27H26N2O4. The molecular weight excluding hydrogens is 416 g/mol. The Labute approximate surface area is 193 Å². The Kier molecular flexibility index (Phi) is 8.61. The van der Waals surface area contributed by atoms with Crippen molar-refractivity contribution in [1.29, 1.82) is 5.26 Å². The van der Waals surface area contributed by atoms with Gasteiger partial charge in [0.15, 0.2) is 0 Å². The molecule has 0 aliphatic heterocycles. The summed E-state index contributed by atoms with van der Waals surface area (Å²) in [4.78, 5) is 16.7. The first-order valence-electron chi connectivity index (χ1n) is 10.9. The van der Waals surface area contributed by atoms with Crippen LogP contribution in [0.2, 0.25) is 0 Å². The molecule has 3 aromatic carbocycles. The summed E-state index contributed by atoms with van der Waals surface area (Å²) in [5.41, 5.74) is 1.94. The van der Waals surface area contributed by atoms with Gasteiger partial charge < -0.3 is 14.6 Å². The second-order valence-electron chi connectivity index (χ2n) is 7.46. The van der Waals surface area contributed by atoms with E-state index in [0.717, 1.165) is 12.8 Å². The van der Waals surface area contributed by atoms with Gasteiger partial charge in [-0.2, -0.15) is 5.26 Å². The van der Waals surface area contributed by atoms with Crippen LogP contribution in [-0.2, 0) is 0 Å². The van der Waals surface area contributed by atoms with Gasteiger partial charge in [-0.1, -0.05) is 32.3 Å². The van der Waals surface area contributed by atoms with Crippen molar-refractivity contribution in [2.45, 2.75) is 32.6 Å². The molecule has 3 aromatic rings. The molecule has 0 radical (unpaired) electrons. The summed E-state index contributed by atoms with van der Waals surface area (Å²) < 4.78 is 11.1. The predicted octanol–water partition coefficient (Wildman–Crippen LogP) is 6.19. The third-order valence-electron chi connectivity index (χ3n) is 4.90. The van der Waals surface area contributed by atoms with Crippen molar-refractivity contribution in [3.63, 3.8) is 0 Å². The number of benzene rings is 3. The van der Waals surface area contributed by atoms with Gasteiger partial charge in [0.1, 0.15) is 17.2 Å². The Morgan fingerprint density at radius 3 is 2.55 bits per heavy atom. The number of hydrogen-bond acceptors (Lipinski definition) is 6. The lowest BCUT2D eigenvalue weighted by Crippen LogP contribution is -2.08. The van der Waals surface area contributed by atoms with Gasteiger partial charge in [-0.25, -0.2) is 4.79 Å². The number of carbonyl (C=O) groups is 1. The third-order valence-corrected chi connectivity index (χ3v) is 4.90. The van der Waals surface area contributed by atoms with Crippen LogP contribution in [0.15, 0.2) is 71.7 Å². The minimum Gasteiger partial charge on any atom is -0.507 e. The number of rotatable bonds is 10. The molecule has 0 bridgehead atoms. The number of aromatic hydroxyl groups is 1. The Hall–Kier alpha value is -4.11. The van der Waals surface area contributed by atoms with Crippen LogP contribution in [0.5, 0.6) is 17.2 Å². The van der Waals surface area contributed by atoms with E-state index in [1.165, 1.54) is 25.1 Å². The highest BCUT2D eigenvalue weighted by Gasteiger charge is 2.10. The fourth-order valence-corrected chi connectivity index (χ4v) is 3.07. The molecule has 0 aliphatic rings. The molecule has 168 valence electrons. The smallest absolute Gasteiger partial charge is 0.343 e. The maximum absolute atomic E-state index is 12.4. The van der Waals surface area contributed by atoms with Gasteiger partial charge in [0.05, 0.1) is 29.5 Å². The first-order valence-corrected chi connectivity index (χ1v) is 10.9. The van der Waals surface area contributed by atoms with Gasteiger partial charge in [0.2, 0.25) is 0 Å².